The maximum Gasteiger partial charge on any atom is 0.239 e. The van der Waals surface area contributed by atoms with E-state index in [1.165, 1.54) is 12.8 Å². The first-order valence-corrected chi connectivity index (χ1v) is 11.8. The van der Waals surface area contributed by atoms with Gasteiger partial charge in [0.15, 0.2) is 11.5 Å². The molecule has 3 fully saturated rings. The minimum Gasteiger partial charge on any atom is -0.493 e. The third kappa shape index (κ3) is 4.25. The van der Waals surface area contributed by atoms with Crippen molar-refractivity contribution in [2.24, 2.45) is 5.16 Å². The summed E-state index contributed by atoms with van der Waals surface area (Å²) in [5.41, 5.74) is 1.69. The monoisotopic (exact) mass is 427 g/mol. The van der Waals surface area contributed by atoms with Crippen molar-refractivity contribution in [3.05, 3.63) is 23.8 Å². The standard InChI is InChI=1S/C24H33N3O4/c1-29-21-9-8-17(15-22(21)30-18-5-2-3-6-18)20-16-24(31-26-20)10-13-27(14-11-24)23(28)19-7-4-12-25-19/h8-9,15,18-19,25H,2-7,10-14,16H2,1H3/t19-/m0/s1. The molecule has 1 atom stereocenters. The Morgan fingerprint density at radius 3 is 2.68 bits per heavy atom. The SMILES string of the molecule is COc1ccc(C2=NOC3(CCN(C(=O)[C@@H]4CCCN4)CC3)C2)cc1OC1CCCC1. The average molecular weight is 428 g/mol. The van der Waals surface area contributed by atoms with Gasteiger partial charge in [0, 0.05) is 37.9 Å². The molecule has 1 aromatic carbocycles. The highest BCUT2D eigenvalue weighted by atomic mass is 16.7. The van der Waals surface area contributed by atoms with Gasteiger partial charge in [0.1, 0.15) is 5.60 Å². The molecule has 2 saturated heterocycles. The molecule has 3 aliphatic heterocycles. The molecule has 0 unspecified atom stereocenters. The van der Waals surface area contributed by atoms with Crippen LogP contribution in [-0.4, -0.2) is 61.0 Å². The lowest BCUT2D eigenvalue weighted by molar-refractivity contribution is -0.138. The second kappa shape index (κ2) is 8.69. The minimum atomic E-state index is -0.290. The fourth-order valence-electron chi connectivity index (χ4n) is 5.33. The smallest absolute Gasteiger partial charge is 0.239 e. The molecule has 0 aromatic heterocycles. The first-order chi connectivity index (χ1) is 15.2. The van der Waals surface area contributed by atoms with Gasteiger partial charge in [-0.1, -0.05) is 5.16 Å². The third-order valence-electron chi connectivity index (χ3n) is 7.28. The number of carbonyl (C=O) groups excluding carboxylic acids is 1. The number of likely N-dealkylation sites (tertiary alicyclic amines) is 1. The third-order valence-corrected chi connectivity index (χ3v) is 7.28. The van der Waals surface area contributed by atoms with E-state index in [0.29, 0.717) is 0 Å². The normalized spacial score (nSPS) is 25.5. The molecule has 7 nitrogen and oxygen atoms in total. The summed E-state index contributed by atoms with van der Waals surface area (Å²) in [4.78, 5) is 20.7. The van der Waals surface area contributed by atoms with E-state index in [1.54, 1.807) is 7.11 Å². The topological polar surface area (TPSA) is 72.4 Å². The number of rotatable bonds is 5. The average Bonchev–Trinajstić information content (AvgIpc) is 3.57. The largest absolute Gasteiger partial charge is 0.493 e. The van der Waals surface area contributed by atoms with E-state index in [4.69, 9.17) is 14.3 Å². The Labute approximate surface area is 184 Å². The van der Waals surface area contributed by atoms with Gasteiger partial charge in [-0.15, -0.1) is 0 Å². The molecule has 7 heteroatoms. The molecule has 31 heavy (non-hydrogen) atoms. The van der Waals surface area contributed by atoms with E-state index in [9.17, 15) is 4.79 Å². The molecule has 4 aliphatic rings. The summed E-state index contributed by atoms with van der Waals surface area (Å²) < 4.78 is 11.8. The van der Waals surface area contributed by atoms with Crippen molar-refractivity contribution in [3.63, 3.8) is 0 Å². The molecule has 1 amide bonds. The molecule has 1 saturated carbocycles. The maximum atomic E-state index is 12.7. The predicted molar refractivity (Wildman–Crippen MR) is 118 cm³/mol. The van der Waals surface area contributed by atoms with Crippen LogP contribution >= 0.6 is 0 Å². The van der Waals surface area contributed by atoms with Crippen molar-refractivity contribution < 1.29 is 19.1 Å². The summed E-state index contributed by atoms with van der Waals surface area (Å²) in [6.07, 6.45) is 9.38. The number of carbonyl (C=O) groups is 1. The zero-order valence-electron chi connectivity index (χ0n) is 18.4. The minimum absolute atomic E-state index is 0.00273. The number of hydrogen-bond acceptors (Lipinski definition) is 6. The Morgan fingerprint density at radius 1 is 1.16 bits per heavy atom. The fourth-order valence-corrected chi connectivity index (χ4v) is 5.33. The highest BCUT2D eigenvalue weighted by Gasteiger charge is 2.44. The Kier molecular flexibility index (Phi) is 5.78. The molecule has 1 aliphatic carbocycles. The molecular weight excluding hydrogens is 394 g/mol. The van der Waals surface area contributed by atoms with Crippen LogP contribution < -0.4 is 14.8 Å². The summed E-state index contributed by atoms with van der Waals surface area (Å²) in [5, 5.41) is 7.78. The molecule has 1 spiro atoms. The number of nitrogens with one attached hydrogen (secondary N) is 1. The van der Waals surface area contributed by atoms with Crippen molar-refractivity contribution >= 4 is 11.6 Å². The molecule has 168 valence electrons. The molecule has 1 N–H and O–H groups in total. The molecule has 5 rings (SSSR count). The lowest BCUT2D eigenvalue weighted by Crippen LogP contribution is -2.51. The van der Waals surface area contributed by atoms with Crippen LogP contribution in [0.4, 0.5) is 0 Å². The summed E-state index contributed by atoms with van der Waals surface area (Å²) in [5.74, 6) is 1.80. The Morgan fingerprint density at radius 2 is 1.97 bits per heavy atom. The van der Waals surface area contributed by atoms with Crippen LogP contribution in [0.15, 0.2) is 23.4 Å². The number of ether oxygens (including phenoxy) is 2. The van der Waals surface area contributed by atoms with Crippen LogP contribution in [-0.2, 0) is 9.63 Å². The van der Waals surface area contributed by atoms with E-state index >= 15 is 0 Å². The predicted octanol–water partition coefficient (Wildman–Crippen LogP) is 3.25. The first-order valence-electron chi connectivity index (χ1n) is 11.8. The Hall–Kier alpha value is -2.28. The lowest BCUT2D eigenvalue weighted by Gasteiger charge is -2.38. The van der Waals surface area contributed by atoms with Crippen LogP contribution in [0, 0.1) is 0 Å². The van der Waals surface area contributed by atoms with Crippen LogP contribution in [0.5, 0.6) is 11.5 Å². The Balaban J connectivity index is 1.22. The van der Waals surface area contributed by atoms with E-state index in [-0.39, 0.29) is 23.7 Å². The first kappa shape index (κ1) is 20.6. The van der Waals surface area contributed by atoms with Gasteiger partial charge in [0.25, 0.3) is 0 Å². The van der Waals surface area contributed by atoms with Gasteiger partial charge in [-0.2, -0.15) is 0 Å². The summed E-state index contributed by atoms with van der Waals surface area (Å²) >= 11 is 0. The molecule has 0 bridgehead atoms. The van der Waals surface area contributed by atoms with Crippen molar-refractivity contribution in [1.82, 2.24) is 10.2 Å². The van der Waals surface area contributed by atoms with E-state index in [2.05, 4.69) is 10.5 Å². The number of methoxy groups -OCH3 is 1. The van der Waals surface area contributed by atoms with E-state index < -0.39 is 0 Å². The molecule has 0 radical (unpaired) electrons. The highest BCUT2D eigenvalue weighted by molar-refractivity contribution is 6.02. The van der Waals surface area contributed by atoms with Gasteiger partial charge >= 0.3 is 0 Å². The number of benzene rings is 1. The molecule has 1 aromatic rings. The maximum absolute atomic E-state index is 12.7. The van der Waals surface area contributed by atoms with Crippen molar-refractivity contribution in [3.8, 4) is 11.5 Å². The summed E-state index contributed by atoms with van der Waals surface area (Å²) in [6, 6.07) is 6.04. The lowest BCUT2D eigenvalue weighted by atomic mass is 9.85. The van der Waals surface area contributed by atoms with Crippen molar-refractivity contribution in [1.29, 1.82) is 0 Å². The molecular formula is C24H33N3O4. The van der Waals surface area contributed by atoms with Crippen molar-refractivity contribution in [2.75, 3.05) is 26.7 Å². The second-order valence-electron chi connectivity index (χ2n) is 9.35. The van der Waals surface area contributed by atoms with Crippen LogP contribution in [0.1, 0.15) is 63.4 Å². The summed E-state index contributed by atoms with van der Waals surface area (Å²) in [6.45, 7) is 2.42. The zero-order valence-corrected chi connectivity index (χ0v) is 18.4. The Bertz CT molecular complexity index is 835. The number of hydrogen-bond donors (Lipinski definition) is 1. The van der Waals surface area contributed by atoms with Gasteiger partial charge in [-0.05, 0) is 63.3 Å². The second-order valence-corrected chi connectivity index (χ2v) is 9.35. The number of nitrogens with zero attached hydrogens (tertiary/aromatic N) is 2. The van der Waals surface area contributed by atoms with E-state index in [1.807, 2.05) is 23.1 Å². The van der Waals surface area contributed by atoms with Gasteiger partial charge in [-0.3, -0.25) is 4.79 Å². The van der Waals surface area contributed by atoms with Crippen molar-refractivity contribution in [2.45, 2.75) is 75.5 Å². The highest BCUT2D eigenvalue weighted by Crippen LogP contribution is 2.38. The van der Waals surface area contributed by atoms with Gasteiger partial charge in [0.05, 0.1) is 25.0 Å². The zero-order chi connectivity index (χ0) is 21.3. The number of piperidine rings is 1. The van der Waals surface area contributed by atoms with Gasteiger partial charge in [-0.25, -0.2) is 0 Å². The van der Waals surface area contributed by atoms with Crippen LogP contribution in [0.2, 0.25) is 0 Å². The number of amides is 1. The molecule has 3 heterocycles. The van der Waals surface area contributed by atoms with Gasteiger partial charge in [0.2, 0.25) is 5.91 Å². The van der Waals surface area contributed by atoms with Crippen LogP contribution in [0.25, 0.3) is 0 Å². The quantitative estimate of drug-likeness (QED) is 0.781. The number of oxime groups is 1. The van der Waals surface area contributed by atoms with E-state index in [0.717, 1.165) is 87.4 Å². The fraction of sp³-hybridized carbons (Fsp3) is 0.667. The van der Waals surface area contributed by atoms with Gasteiger partial charge < -0.3 is 24.5 Å². The van der Waals surface area contributed by atoms with Crippen LogP contribution in [0.3, 0.4) is 0 Å². The summed E-state index contributed by atoms with van der Waals surface area (Å²) in [7, 11) is 1.68.